The molecule has 12 nitrogen and oxygen atoms in total. The summed E-state index contributed by atoms with van der Waals surface area (Å²) in [5.74, 6) is -3.00. The van der Waals surface area contributed by atoms with Crippen molar-refractivity contribution in [3.8, 4) is 0 Å². The maximum absolute atomic E-state index is 11.8. The molecule has 0 aromatic carbocycles. The van der Waals surface area contributed by atoms with Crippen LogP contribution in [0.5, 0.6) is 0 Å². The van der Waals surface area contributed by atoms with Gasteiger partial charge < -0.3 is 33.2 Å². The normalized spacial score (nSPS) is 24.0. The van der Waals surface area contributed by atoms with Crippen LogP contribution >= 0.6 is 0 Å². The maximum Gasteiger partial charge on any atom is 0.305 e. The highest BCUT2D eigenvalue weighted by Gasteiger charge is 2.52. The van der Waals surface area contributed by atoms with Gasteiger partial charge in [0.2, 0.25) is 0 Å². The summed E-state index contributed by atoms with van der Waals surface area (Å²) in [5, 5.41) is 0. The first-order chi connectivity index (χ1) is 16.0. The van der Waals surface area contributed by atoms with Crippen LogP contribution in [0.1, 0.15) is 60.3 Å². The smallest absolute Gasteiger partial charge is 0.305 e. The molecular weight excluding hydrogens is 456 g/mol. The molecule has 0 aromatic rings. The average Bonchev–Trinajstić information content (AvgIpc) is 2.72. The van der Waals surface area contributed by atoms with Crippen LogP contribution in [0.4, 0.5) is 0 Å². The van der Waals surface area contributed by atoms with Crippen molar-refractivity contribution in [2.75, 3.05) is 19.8 Å². The molecule has 1 saturated heterocycles. The highest BCUT2D eigenvalue weighted by atomic mass is 16.7. The fourth-order valence-corrected chi connectivity index (χ4v) is 3.30. The maximum atomic E-state index is 11.8. The number of hydrogen-bond donors (Lipinski definition) is 0. The molecule has 0 aliphatic carbocycles. The van der Waals surface area contributed by atoms with Gasteiger partial charge in [0, 0.05) is 40.7 Å². The van der Waals surface area contributed by atoms with Crippen LogP contribution < -0.4 is 0 Å². The summed E-state index contributed by atoms with van der Waals surface area (Å²) in [4.78, 5) is 58.0. The van der Waals surface area contributed by atoms with Crippen LogP contribution in [0, 0.1) is 0 Å². The molecule has 1 rings (SSSR count). The van der Waals surface area contributed by atoms with Gasteiger partial charge in [-0.05, 0) is 19.8 Å². The van der Waals surface area contributed by atoms with Crippen molar-refractivity contribution in [3.63, 3.8) is 0 Å². The Hall–Kier alpha value is -2.73. The largest absolute Gasteiger partial charge is 0.466 e. The van der Waals surface area contributed by atoms with E-state index in [1.165, 1.54) is 6.92 Å². The molecule has 1 fully saturated rings. The summed E-state index contributed by atoms with van der Waals surface area (Å²) < 4.78 is 37.4. The minimum absolute atomic E-state index is 0.163. The van der Waals surface area contributed by atoms with E-state index in [-0.39, 0.29) is 25.6 Å². The van der Waals surface area contributed by atoms with Gasteiger partial charge in [0.05, 0.1) is 6.61 Å². The van der Waals surface area contributed by atoms with Gasteiger partial charge in [-0.3, -0.25) is 24.0 Å². The Morgan fingerprint density at radius 3 is 1.85 bits per heavy atom. The molecule has 0 aromatic heterocycles. The van der Waals surface area contributed by atoms with E-state index in [2.05, 4.69) is 0 Å². The lowest BCUT2D eigenvalue weighted by Gasteiger charge is -2.44. The fourth-order valence-electron chi connectivity index (χ4n) is 3.30. The van der Waals surface area contributed by atoms with E-state index < -0.39 is 54.6 Å². The minimum Gasteiger partial charge on any atom is -0.466 e. The summed E-state index contributed by atoms with van der Waals surface area (Å²) in [6, 6.07) is 0. The lowest BCUT2D eigenvalue weighted by molar-refractivity contribution is -0.308. The van der Waals surface area contributed by atoms with E-state index in [9.17, 15) is 24.0 Å². The molecule has 194 valence electrons. The number of ether oxygens (including phenoxy) is 7. The van der Waals surface area contributed by atoms with Crippen LogP contribution in [0.2, 0.25) is 0 Å². The molecule has 0 bridgehead atoms. The number of unbranched alkanes of at least 4 members (excludes halogenated alkanes) is 2. The van der Waals surface area contributed by atoms with Gasteiger partial charge in [-0.1, -0.05) is 6.42 Å². The molecule has 34 heavy (non-hydrogen) atoms. The van der Waals surface area contributed by atoms with Crippen molar-refractivity contribution in [1.29, 1.82) is 0 Å². The SMILES string of the molecule is CCOC(=O)CCCCCO[C@H]1OC(COC(C)=O)[C@@H](OC(C)=O)C(OC(C)=O)C1OC(C)=O. The monoisotopic (exact) mass is 490 g/mol. The van der Waals surface area contributed by atoms with Crippen LogP contribution in [0.3, 0.4) is 0 Å². The zero-order valence-electron chi connectivity index (χ0n) is 20.2. The Morgan fingerprint density at radius 2 is 1.29 bits per heavy atom. The van der Waals surface area contributed by atoms with Crippen LogP contribution in [0.25, 0.3) is 0 Å². The fraction of sp³-hybridized carbons (Fsp3) is 0.773. The van der Waals surface area contributed by atoms with Gasteiger partial charge in [0.15, 0.2) is 24.6 Å². The van der Waals surface area contributed by atoms with Crippen molar-refractivity contribution in [2.24, 2.45) is 0 Å². The third-order valence-electron chi connectivity index (χ3n) is 4.56. The van der Waals surface area contributed by atoms with Crippen LogP contribution in [-0.2, 0) is 57.1 Å². The minimum atomic E-state index is -1.27. The molecule has 1 aliphatic heterocycles. The van der Waals surface area contributed by atoms with Crippen molar-refractivity contribution in [1.82, 2.24) is 0 Å². The van der Waals surface area contributed by atoms with Gasteiger partial charge in [0.1, 0.15) is 12.7 Å². The van der Waals surface area contributed by atoms with E-state index in [4.69, 9.17) is 33.2 Å². The highest BCUT2D eigenvalue weighted by molar-refractivity contribution is 5.69. The van der Waals surface area contributed by atoms with Crippen molar-refractivity contribution in [2.45, 2.75) is 91.0 Å². The van der Waals surface area contributed by atoms with Crippen LogP contribution in [-0.4, -0.2) is 80.4 Å². The van der Waals surface area contributed by atoms with E-state index in [0.717, 1.165) is 20.8 Å². The van der Waals surface area contributed by atoms with Gasteiger partial charge >= 0.3 is 29.8 Å². The second-order valence-corrected chi connectivity index (χ2v) is 7.55. The van der Waals surface area contributed by atoms with Crippen molar-refractivity contribution < 1.29 is 57.1 Å². The molecule has 5 atom stereocenters. The number of hydrogen-bond acceptors (Lipinski definition) is 12. The predicted octanol–water partition coefficient (Wildman–Crippen LogP) is 1.21. The molecular formula is C22H34O12. The molecule has 3 unspecified atom stereocenters. The highest BCUT2D eigenvalue weighted by Crippen LogP contribution is 2.30. The Labute approximate surface area is 198 Å². The number of carbonyl (C=O) groups is 5. The summed E-state index contributed by atoms with van der Waals surface area (Å²) >= 11 is 0. The molecule has 0 amide bonds. The first-order valence-electron chi connectivity index (χ1n) is 11.1. The van der Waals surface area contributed by atoms with Gasteiger partial charge in [-0.15, -0.1) is 0 Å². The van der Waals surface area contributed by atoms with Gasteiger partial charge in [-0.2, -0.15) is 0 Å². The number of carbonyl (C=O) groups excluding carboxylic acids is 5. The van der Waals surface area contributed by atoms with Crippen LogP contribution in [0.15, 0.2) is 0 Å². The molecule has 0 spiro atoms. The van der Waals surface area contributed by atoms with Crippen molar-refractivity contribution >= 4 is 29.8 Å². The second-order valence-electron chi connectivity index (χ2n) is 7.55. The average molecular weight is 491 g/mol. The van der Waals surface area contributed by atoms with Crippen molar-refractivity contribution in [3.05, 3.63) is 0 Å². The Balaban J connectivity index is 2.96. The molecule has 0 radical (unpaired) electrons. The third kappa shape index (κ3) is 10.9. The molecule has 0 saturated carbocycles. The summed E-state index contributed by atoms with van der Waals surface area (Å²) in [5.41, 5.74) is 0. The lowest BCUT2D eigenvalue weighted by Crippen LogP contribution is -2.63. The summed E-state index contributed by atoms with van der Waals surface area (Å²) in [6.45, 7) is 6.54. The standard InChI is InChI=1S/C22H34O12/c1-6-28-18(27)10-8-7-9-11-29-22-21(33-16(5)26)20(32-15(4)25)19(31-14(3)24)17(34-22)12-30-13(2)23/h17,19-22H,6-12H2,1-5H3/t17?,19-,20?,21?,22+/m1/s1. The first kappa shape index (κ1) is 29.3. The third-order valence-corrected chi connectivity index (χ3v) is 4.56. The molecule has 1 heterocycles. The van der Waals surface area contributed by atoms with Gasteiger partial charge in [-0.25, -0.2) is 0 Å². The molecule has 0 N–H and O–H groups in total. The summed E-state index contributed by atoms with van der Waals surface area (Å²) in [6.07, 6.45) is -3.92. The first-order valence-corrected chi connectivity index (χ1v) is 11.1. The van der Waals surface area contributed by atoms with E-state index >= 15 is 0 Å². The van der Waals surface area contributed by atoms with E-state index in [0.29, 0.717) is 25.9 Å². The Kier molecular flexibility index (Phi) is 13.1. The second kappa shape index (κ2) is 15.2. The zero-order chi connectivity index (χ0) is 25.7. The topological polar surface area (TPSA) is 150 Å². The number of rotatable bonds is 13. The number of esters is 5. The quantitative estimate of drug-likeness (QED) is 0.207. The lowest BCUT2D eigenvalue weighted by atomic mass is 9.98. The Bertz CT molecular complexity index is 706. The predicted molar refractivity (Wildman–Crippen MR) is 113 cm³/mol. The zero-order valence-corrected chi connectivity index (χ0v) is 20.2. The molecule has 1 aliphatic rings. The summed E-state index contributed by atoms with van der Waals surface area (Å²) in [7, 11) is 0. The van der Waals surface area contributed by atoms with E-state index in [1.54, 1.807) is 6.92 Å². The van der Waals surface area contributed by atoms with Gasteiger partial charge in [0.25, 0.3) is 0 Å². The Morgan fingerprint density at radius 1 is 0.706 bits per heavy atom. The van der Waals surface area contributed by atoms with E-state index in [1.807, 2.05) is 0 Å². The molecule has 12 heteroatoms.